The maximum atomic E-state index is 10.3. The Labute approximate surface area is 149 Å². The van der Waals surface area contributed by atoms with Gasteiger partial charge < -0.3 is 20.4 Å². The normalized spacial score (nSPS) is 16.0. The molecular formula is C20H28O5. The Balaban J connectivity index is 4.13. The Bertz CT molecular complexity index is 538. The van der Waals surface area contributed by atoms with Crippen LogP contribution in [-0.4, -0.2) is 38.6 Å². The molecule has 5 nitrogen and oxygen atoms in total. The lowest BCUT2D eigenvalue weighted by molar-refractivity contribution is -0.136. The molecule has 2 atom stereocenters. The van der Waals surface area contributed by atoms with E-state index in [0.717, 1.165) is 6.42 Å². The van der Waals surface area contributed by atoms with Gasteiger partial charge in [0, 0.05) is 6.42 Å². The quantitative estimate of drug-likeness (QED) is 0.245. The second-order valence-corrected chi connectivity index (χ2v) is 5.25. The molecule has 0 rings (SSSR count). The fourth-order valence-corrected chi connectivity index (χ4v) is 1.67. The minimum atomic E-state index is -0.914. The molecule has 0 aromatic heterocycles. The molecule has 0 bridgehead atoms. The van der Waals surface area contributed by atoms with E-state index < -0.39 is 18.2 Å². The van der Waals surface area contributed by atoms with Crippen molar-refractivity contribution in [2.24, 2.45) is 0 Å². The standard InChI is InChI=1S/C20H28O5/c1-2-3-8-14-18(22)19(23)15-10-7-5-4-6-9-12-17(21)13-11-16-20(24)25/h3-10,12-13,15,18-19,21-23H,2,11,14,16H2,1H3,(H,24,25)/b6-4-,7-5+,8-3-,12-9+,15-10+,17-13-/t18-,19-/m1/s1. The average molecular weight is 348 g/mol. The minimum absolute atomic E-state index is 0.0156. The molecule has 0 aliphatic rings. The Hall–Kier alpha value is -2.37. The van der Waals surface area contributed by atoms with Gasteiger partial charge in [0.25, 0.3) is 0 Å². The number of aliphatic hydroxyl groups is 3. The first-order chi connectivity index (χ1) is 12.0. The van der Waals surface area contributed by atoms with E-state index in [0.29, 0.717) is 6.42 Å². The largest absolute Gasteiger partial charge is 0.508 e. The Morgan fingerprint density at radius 2 is 1.60 bits per heavy atom. The predicted molar refractivity (Wildman–Crippen MR) is 100 cm³/mol. The fourth-order valence-electron chi connectivity index (χ4n) is 1.67. The number of aliphatic hydroxyl groups excluding tert-OH is 3. The van der Waals surface area contributed by atoms with E-state index >= 15 is 0 Å². The molecule has 0 heterocycles. The summed E-state index contributed by atoms with van der Waals surface area (Å²) in [4.78, 5) is 10.3. The third kappa shape index (κ3) is 14.9. The summed E-state index contributed by atoms with van der Waals surface area (Å²) in [7, 11) is 0. The van der Waals surface area contributed by atoms with Crippen LogP contribution in [0.5, 0.6) is 0 Å². The Morgan fingerprint density at radius 3 is 2.24 bits per heavy atom. The van der Waals surface area contributed by atoms with E-state index in [1.807, 2.05) is 19.1 Å². The lowest BCUT2D eigenvalue weighted by Gasteiger charge is -2.11. The van der Waals surface area contributed by atoms with Gasteiger partial charge in [-0.25, -0.2) is 0 Å². The molecule has 0 amide bonds. The maximum absolute atomic E-state index is 10.3. The van der Waals surface area contributed by atoms with Gasteiger partial charge >= 0.3 is 5.97 Å². The molecular weight excluding hydrogens is 320 g/mol. The molecule has 0 aromatic rings. The topological polar surface area (TPSA) is 98.0 Å². The van der Waals surface area contributed by atoms with Crippen LogP contribution in [-0.2, 0) is 4.79 Å². The van der Waals surface area contributed by atoms with Crippen LogP contribution < -0.4 is 0 Å². The van der Waals surface area contributed by atoms with Gasteiger partial charge in [-0.05, 0) is 31.4 Å². The predicted octanol–water partition coefficient (Wildman–Crippen LogP) is 3.60. The van der Waals surface area contributed by atoms with Gasteiger partial charge in [-0.3, -0.25) is 4.79 Å². The molecule has 0 aliphatic carbocycles. The number of hydrogen-bond acceptors (Lipinski definition) is 4. The number of carboxylic acids is 1. The minimum Gasteiger partial charge on any atom is -0.508 e. The van der Waals surface area contributed by atoms with Crippen molar-refractivity contribution in [3.8, 4) is 0 Å². The van der Waals surface area contributed by atoms with Crippen molar-refractivity contribution in [1.82, 2.24) is 0 Å². The molecule has 0 saturated carbocycles. The lowest BCUT2D eigenvalue weighted by Crippen LogP contribution is -2.22. The van der Waals surface area contributed by atoms with E-state index in [1.165, 1.54) is 18.2 Å². The molecule has 4 N–H and O–H groups in total. The van der Waals surface area contributed by atoms with Crippen LogP contribution in [0.15, 0.2) is 72.6 Å². The van der Waals surface area contributed by atoms with Gasteiger partial charge in [0.1, 0.15) is 5.76 Å². The van der Waals surface area contributed by atoms with Crippen molar-refractivity contribution < 1.29 is 25.2 Å². The lowest BCUT2D eigenvalue weighted by atomic mass is 10.1. The van der Waals surface area contributed by atoms with E-state index in [9.17, 15) is 20.1 Å². The zero-order valence-electron chi connectivity index (χ0n) is 14.5. The highest BCUT2D eigenvalue weighted by Gasteiger charge is 2.10. The van der Waals surface area contributed by atoms with Crippen molar-refractivity contribution in [3.05, 3.63) is 72.6 Å². The van der Waals surface area contributed by atoms with Crippen LogP contribution in [0.1, 0.15) is 32.6 Å². The van der Waals surface area contributed by atoms with Crippen LogP contribution in [0.2, 0.25) is 0 Å². The van der Waals surface area contributed by atoms with Crippen molar-refractivity contribution in [2.45, 2.75) is 44.8 Å². The summed E-state index contributed by atoms with van der Waals surface area (Å²) < 4.78 is 0. The molecule has 0 unspecified atom stereocenters. The molecule has 138 valence electrons. The average Bonchev–Trinajstić information content (AvgIpc) is 2.56. The number of aliphatic carboxylic acids is 1. The summed E-state index contributed by atoms with van der Waals surface area (Å²) in [6.07, 6.45) is 18.2. The summed E-state index contributed by atoms with van der Waals surface area (Å²) in [5.41, 5.74) is 0. The van der Waals surface area contributed by atoms with E-state index in [4.69, 9.17) is 5.11 Å². The van der Waals surface area contributed by atoms with Crippen LogP contribution in [0.4, 0.5) is 0 Å². The van der Waals surface area contributed by atoms with Crippen molar-refractivity contribution in [1.29, 1.82) is 0 Å². The van der Waals surface area contributed by atoms with Gasteiger partial charge in [0.05, 0.1) is 12.2 Å². The van der Waals surface area contributed by atoms with Gasteiger partial charge in [-0.1, -0.05) is 61.6 Å². The molecule has 0 aromatic carbocycles. The summed E-state index contributed by atoms with van der Waals surface area (Å²) in [5, 5.41) is 37.3. The van der Waals surface area contributed by atoms with Gasteiger partial charge in [0.2, 0.25) is 0 Å². The zero-order chi connectivity index (χ0) is 18.9. The van der Waals surface area contributed by atoms with Crippen molar-refractivity contribution in [3.63, 3.8) is 0 Å². The number of carbonyl (C=O) groups is 1. The second kappa shape index (κ2) is 15.2. The highest BCUT2D eigenvalue weighted by atomic mass is 16.4. The van der Waals surface area contributed by atoms with Crippen LogP contribution in [0.3, 0.4) is 0 Å². The Morgan fingerprint density at radius 1 is 0.960 bits per heavy atom. The summed E-state index contributed by atoms with van der Waals surface area (Å²) >= 11 is 0. The highest BCUT2D eigenvalue weighted by Crippen LogP contribution is 2.03. The van der Waals surface area contributed by atoms with Crippen LogP contribution >= 0.6 is 0 Å². The maximum Gasteiger partial charge on any atom is 0.303 e. The smallest absolute Gasteiger partial charge is 0.303 e. The van der Waals surface area contributed by atoms with Gasteiger partial charge in [-0.15, -0.1) is 0 Å². The number of hydrogen-bond donors (Lipinski definition) is 4. The molecule has 25 heavy (non-hydrogen) atoms. The Kier molecular flexibility index (Phi) is 13.7. The molecule has 0 radical (unpaired) electrons. The summed E-state index contributed by atoms with van der Waals surface area (Å²) in [6.45, 7) is 2.00. The number of allylic oxidation sites excluding steroid dienone is 9. The zero-order valence-corrected chi connectivity index (χ0v) is 14.5. The van der Waals surface area contributed by atoms with Crippen LogP contribution in [0, 0.1) is 0 Å². The number of carboxylic acid groups (broad SMARTS) is 1. The van der Waals surface area contributed by atoms with E-state index in [2.05, 4.69) is 0 Å². The SMILES string of the molecule is CC/C=C\C[C@@H](O)[C@H](O)/C=C/C=C/C=C\C=C\C(O)=C\CCC(=O)O. The first-order valence-electron chi connectivity index (χ1n) is 8.27. The molecule has 0 saturated heterocycles. The molecule has 5 heteroatoms. The van der Waals surface area contributed by atoms with Gasteiger partial charge in [0.15, 0.2) is 0 Å². The third-order valence-corrected chi connectivity index (χ3v) is 3.02. The number of rotatable bonds is 12. The summed E-state index contributed by atoms with van der Waals surface area (Å²) in [5.74, 6) is -0.884. The first-order valence-corrected chi connectivity index (χ1v) is 8.27. The molecule has 0 fully saturated rings. The van der Waals surface area contributed by atoms with Crippen molar-refractivity contribution in [2.75, 3.05) is 0 Å². The monoisotopic (exact) mass is 348 g/mol. The van der Waals surface area contributed by atoms with E-state index in [1.54, 1.807) is 36.5 Å². The van der Waals surface area contributed by atoms with Gasteiger partial charge in [-0.2, -0.15) is 0 Å². The highest BCUT2D eigenvalue weighted by molar-refractivity contribution is 5.66. The summed E-state index contributed by atoms with van der Waals surface area (Å²) in [6, 6.07) is 0. The third-order valence-electron chi connectivity index (χ3n) is 3.02. The van der Waals surface area contributed by atoms with Crippen molar-refractivity contribution >= 4 is 5.97 Å². The second-order valence-electron chi connectivity index (χ2n) is 5.25. The van der Waals surface area contributed by atoms with E-state index in [-0.39, 0.29) is 18.6 Å². The molecule has 0 aliphatic heterocycles. The molecule has 0 spiro atoms. The fraction of sp³-hybridized carbons (Fsp3) is 0.350. The van der Waals surface area contributed by atoms with Crippen LogP contribution in [0.25, 0.3) is 0 Å². The first kappa shape index (κ1) is 22.6.